The second-order valence-electron chi connectivity index (χ2n) is 6.41. The molecule has 0 radical (unpaired) electrons. The fourth-order valence-corrected chi connectivity index (χ4v) is 3.19. The maximum Gasteiger partial charge on any atom is 0.323 e. The van der Waals surface area contributed by atoms with Crippen molar-refractivity contribution in [3.8, 4) is 0 Å². The van der Waals surface area contributed by atoms with Crippen LogP contribution in [-0.4, -0.2) is 36.0 Å². The van der Waals surface area contributed by atoms with Crippen LogP contribution in [0.15, 0.2) is 54.6 Å². The van der Waals surface area contributed by atoms with Gasteiger partial charge in [0.2, 0.25) is 0 Å². The molecule has 0 aliphatic carbocycles. The molecule has 26 heavy (non-hydrogen) atoms. The second-order valence-corrected chi connectivity index (χ2v) is 6.41. The highest BCUT2D eigenvalue weighted by Crippen LogP contribution is 2.20. The summed E-state index contributed by atoms with van der Waals surface area (Å²) in [5.41, 5.74) is 7.76. The Morgan fingerprint density at radius 1 is 0.962 bits per heavy atom. The van der Waals surface area contributed by atoms with Gasteiger partial charge in [0, 0.05) is 36.1 Å². The zero-order valence-electron chi connectivity index (χ0n) is 14.7. The molecule has 0 saturated carbocycles. The van der Waals surface area contributed by atoms with Crippen LogP contribution in [0.4, 0.5) is 16.2 Å². The van der Waals surface area contributed by atoms with Crippen LogP contribution in [-0.2, 0) is 0 Å². The minimum absolute atomic E-state index is 0.000405. The predicted octanol–water partition coefficient (Wildman–Crippen LogP) is 3.28. The molecule has 3 amide bonds. The van der Waals surface area contributed by atoms with Gasteiger partial charge in [-0.2, -0.15) is 0 Å². The molecule has 2 aromatic rings. The molecule has 6 heteroatoms. The van der Waals surface area contributed by atoms with E-state index in [1.807, 2.05) is 35.2 Å². The van der Waals surface area contributed by atoms with Gasteiger partial charge < -0.3 is 21.3 Å². The molecule has 1 atom stereocenters. The molecule has 1 aliphatic rings. The van der Waals surface area contributed by atoms with Crippen molar-refractivity contribution >= 4 is 23.3 Å². The number of nitrogens with two attached hydrogens (primary N) is 1. The molecule has 6 nitrogen and oxygen atoms in total. The fourth-order valence-electron chi connectivity index (χ4n) is 3.19. The van der Waals surface area contributed by atoms with E-state index in [1.165, 1.54) is 0 Å². The van der Waals surface area contributed by atoms with E-state index in [1.54, 1.807) is 24.3 Å². The van der Waals surface area contributed by atoms with Crippen molar-refractivity contribution < 1.29 is 9.59 Å². The molecule has 4 N–H and O–H groups in total. The molecule has 0 aromatic heterocycles. The third kappa shape index (κ3) is 4.40. The van der Waals surface area contributed by atoms with Crippen LogP contribution in [0.2, 0.25) is 0 Å². The van der Waals surface area contributed by atoms with Gasteiger partial charge in [0.05, 0.1) is 0 Å². The minimum atomic E-state index is -0.325. The highest BCUT2D eigenvalue weighted by Gasteiger charge is 2.26. The molecule has 1 unspecified atom stereocenters. The molecular weight excluding hydrogens is 328 g/mol. The van der Waals surface area contributed by atoms with Gasteiger partial charge in [-0.15, -0.1) is 0 Å². The SMILES string of the molecule is NCC1CCCCN1C(=O)c1ccc(NC(=O)Nc2ccccc2)cc1. The maximum absolute atomic E-state index is 12.7. The summed E-state index contributed by atoms with van der Waals surface area (Å²) in [6.45, 7) is 1.24. The Bertz CT molecular complexity index is 746. The van der Waals surface area contributed by atoms with Crippen LogP contribution < -0.4 is 16.4 Å². The van der Waals surface area contributed by atoms with E-state index < -0.39 is 0 Å². The van der Waals surface area contributed by atoms with E-state index in [4.69, 9.17) is 5.73 Å². The van der Waals surface area contributed by atoms with Crippen molar-refractivity contribution in [3.05, 3.63) is 60.2 Å². The first-order valence-electron chi connectivity index (χ1n) is 8.91. The van der Waals surface area contributed by atoms with Gasteiger partial charge in [0.1, 0.15) is 0 Å². The van der Waals surface area contributed by atoms with Crippen molar-refractivity contribution in [1.29, 1.82) is 0 Å². The van der Waals surface area contributed by atoms with Gasteiger partial charge in [-0.3, -0.25) is 4.79 Å². The van der Waals surface area contributed by atoms with Gasteiger partial charge in [0.15, 0.2) is 0 Å². The molecule has 136 valence electrons. The summed E-state index contributed by atoms with van der Waals surface area (Å²) in [5.74, 6) is 0.000405. The predicted molar refractivity (Wildman–Crippen MR) is 103 cm³/mol. The monoisotopic (exact) mass is 352 g/mol. The smallest absolute Gasteiger partial charge is 0.323 e. The summed E-state index contributed by atoms with van der Waals surface area (Å²) >= 11 is 0. The van der Waals surface area contributed by atoms with Crippen LogP contribution >= 0.6 is 0 Å². The number of nitrogens with one attached hydrogen (secondary N) is 2. The lowest BCUT2D eigenvalue weighted by Crippen LogP contribution is -2.47. The molecule has 1 aliphatic heterocycles. The number of nitrogens with zero attached hydrogens (tertiary/aromatic N) is 1. The number of benzene rings is 2. The fraction of sp³-hybridized carbons (Fsp3) is 0.300. The Morgan fingerprint density at radius 3 is 2.27 bits per heavy atom. The van der Waals surface area contributed by atoms with Gasteiger partial charge >= 0.3 is 6.03 Å². The molecule has 0 spiro atoms. The van der Waals surface area contributed by atoms with Crippen LogP contribution in [0.3, 0.4) is 0 Å². The first-order chi connectivity index (χ1) is 12.7. The van der Waals surface area contributed by atoms with Gasteiger partial charge in [-0.25, -0.2) is 4.79 Å². The molecule has 0 bridgehead atoms. The molecule has 1 fully saturated rings. The number of likely N-dealkylation sites (tertiary alicyclic amines) is 1. The summed E-state index contributed by atoms with van der Waals surface area (Å²) < 4.78 is 0. The molecule has 1 heterocycles. The number of urea groups is 1. The van der Waals surface area contributed by atoms with Gasteiger partial charge in [0.25, 0.3) is 5.91 Å². The topological polar surface area (TPSA) is 87.5 Å². The van der Waals surface area contributed by atoms with Crippen molar-refractivity contribution in [2.75, 3.05) is 23.7 Å². The average Bonchev–Trinajstić information content (AvgIpc) is 2.68. The van der Waals surface area contributed by atoms with E-state index in [9.17, 15) is 9.59 Å². The highest BCUT2D eigenvalue weighted by molar-refractivity contribution is 6.00. The second kappa shape index (κ2) is 8.49. The number of hydrogen-bond acceptors (Lipinski definition) is 3. The number of amides is 3. The Hall–Kier alpha value is -2.86. The number of rotatable bonds is 4. The van der Waals surface area contributed by atoms with Crippen LogP contribution in [0, 0.1) is 0 Å². The first-order valence-corrected chi connectivity index (χ1v) is 8.91. The van der Waals surface area contributed by atoms with Crippen LogP contribution in [0.25, 0.3) is 0 Å². The van der Waals surface area contributed by atoms with E-state index >= 15 is 0 Å². The number of carbonyl (C=O) groups is 2. The first kappa shape index (κ1) is 17.9. The largest absolute Gasteiger partial charge is 0.334 e. The number of para-hydroxylation sites is 1. The Balaban J connectivity index is 1.61. The quantitative estimate of drug-likeness (QED) is 0.789. The molecule has 3 rings (SSSR count). The zero-order chi connectivity index (χ0) is 18.4. The van der Waals surface area contributed by atoms with E-state index in [0.29, 0.717) is 17.8 Å². The summed E-state index contributed by atoms with van der Waals surface area (Å²) in [4.78, 5) is 26.6. The lowest BCUT2D eigenvalue weighted by Gasteiger charge is -2.35. The van der Waals surface area contributed by atoms with Crippen LogP contribution in [0.5, 0.6) is 0 Å². The molecular formula is C20H24N4O2. The van der Waals surface area contributed by atoms with E-state index in [-0.39, 0.29) is 18.0 Å². The average molecular weight is 352 g/mol. The third-order valence-corrected chi connectivity index (χ3v) is 4.58. The highest BCUT2D eigenvalue weighted by atomic mass is 16.2. The number of carbonyl (C=O) groups excluding carboxylic acids is 2. The van der Waals surface area contributed by atoms with Crippen molar-refractivity contribution in [2.24, 2.45) is 5.73 Å². The van der Waals surface area contributed by atoms with E-state index in [0.717, 1.165) is 31.5 Å². The van der Waals surface area contributed by atoms with Crippen molar-refractivity contribution in [3.63, 3.8) is 0 Å². The number of hydrogen-bond donors (Lipinski definition) is 3. The van der Waals surface area contributed by atoms with Gasteiger partial charge in [-0.05, 0) is 55.7 Å². The summed E-state index contributed by atoms with van der Waals surface area (Å²) in [6.07, 6.45) is 3.09. The lowest BCUT2D eigenvalue weighted by molar-refractivity contribution is 0.0623. The molecule has 2 aromatic carbocycles. The normalized spacial score (nSPS) is 16.8. The maximum atomic E-state index is 12.7. The Kier molecular flexibility index (Phi) is 5.86. The van der Waals surface area contributed by atoms with Crippen molar-refractivity contribution in [2.45, 2.75) is 25.3 Å². The lowest BCUT2D eigenvalue weighted by atomic mass is 10.0. The summed E-state index contributed by atoms with van der Waals surface area (Å²) in [6, 6.07) is 16.0. The zero-order valence-corrected chi connectivity index (χ0v) is 14.7. The Morgan fingerprint density at radius 2 is 1.62 bits per heavy atom. The number of anilines is 2. The standard InChI is InChI=1S/C20H24N4O2/c21-14-18-8-4-5-13-24(18)19(25)15-9-11-17(12-10-15)23-20(26)22-16-6-2-1-3-7-16/h1-3,6-7,9-12,18H,4-5,8,13-14,21H2,(H2,22,23,26). The Labute approximate surface area is 153 Å². The summed E-state index contributed by atoms with van der Waals surface area (Å²) in [7, 11) is 0. The number of piperidine rings is 1. The third-order valence-electron chi connectivity index (χ3n) is 4.58. The van der Waals surface area contributed by atoms with E-state index in [2.05, 4.69) is 10.6 Å². The van der Waals surface area contributed by atoms with Crippen LogP contribution in [0.1, 0.15) is 29.6 Å². The summed E-state index contributed by atoms with van der Waals surface area (Å²) in [5, 5.41) is 5.51. The van der Waals surface area contributed by atoms with Crippen molar-refractivity contribution in [1.82, 2.24) is 4.90 Å². The molecule has 1 saturated heterocycles. The van der Waals surface area contributed by atoms with Gasteiger partial charge in [-0.1, -0.05) is 18.2 Å². The minimum Gasteiger partial charge on any atom is -0.334 e.